The molecule has 25 nitrogen and oxygen atoms in total. The Hall–Kier alpha value is -5.19. The molecule has 1 saturated heterocycles. The molecule has 4 aromatic rings. The third-order valence-electron chi connectivity index (χ3n) is 16.4. The van der Waals surface area contributed by atoms with Crippen LogP contribution in [0.3, 0.4) is 0 Å². The van der Waals surface area contributed by atoms with Crippen molar-refractivity contribution in [3.63, 3.8) is 0 Å². The van der Waals surface area contributed by atoms with Gasteiger partial charge >= 0.3 is 5.97 Å². The summed E-state index contributed by atoms with van der Waals surface area (Å²) < 4.78 is 161. The highest BCUT2D eigenvalue weighted by Gasteiger charge is 2.43. The van der Waals surface area contributed by atoms with Gasteiger partial charge in [-0.15, -0.1) is 5.06 Å². The zero-order valence-corrected chi connectivity index (χ0v) is 57.5. The molecule has 0 aromatic heterocycles. The maximum atomic E-state index is 13.7. The minimum Gasteiger partial charge on any atom is -0.382 e. The van der Waals surface area contributed by atoms with Gasteiger partial charge < -0.3 is 47.6 Å². The molecule has 4 atom stereocenters. The fourth-order valence-corrected chi connectivity index (χ4v) is 14.2. The number of methoxy groups -OCH3 is 1. The number of fused-ring (bicyclic) bond motifs is 4. The van der Waals surface area contributed by atoms with Gasteiger partial charge in [-0.3, -0.25) is 26.3 Å². The molecule has 6 rings (SSSR count). The van der Waals surface area contributed by atoms with Crippen molar-refractivity contribution in [2.75, 3.05) is 146 Å². The highest BCUT2D eigenvalue weighted by molar-refractivity contribution is 7.88. The van der Waals surface area contributed by atoms with Gasteiger partial charge in [0.25, 0.3) is 42.2 Å². The smallest absolute Gasteiger partial charge is 0.335 e. The molecule has 0 N–H and O–H groups in total. The molecule has 0 aliphatic carbocycles. The molecule has 0 bridgehead atoms. The van der Waals surface area contributed by atoms with Gasteiger partial charge in [-0.2, -0.15) is 25.3 Å². The zero-order valence-electron chi connectivity index (χ0n) is 54.3. The summed E-state index contributed by atoms with van der Waals surface area (Å²) in [6.45, 7) is 16.5. The number of hydrogen-bond donors (Lipinski definition) is 0. The highest BCUT2D eigenvalue weighted by atomic mass is 32.2. The lowest BCUT2D eigenvalue weighted by Crippen LogP contribution is -2.33. The van der Waals surface area contributed by atoms with Crippen LogP contribution in [0.1, 0.15) is 96.3 Å². The summed E-state index contributed by atoms with van der Waals surface area (Å²) in [6.07, 6.45) is 6.94. The van der Waals surface area contributed by atoms with Crippen LogP contribution in [-0.2, 0) is 126 Å². The first-order valence-electron chi connectivity index (χ1n) is 30.2. The molecule has 2 aliphatic rings. The van der Waals surface area contributed by atoms with Crippen LogP contribution in [0.2, 0.25) is 0 Å². The number of rotatable bonds is 42. The highest BCUT2D eigenvalue weighted by Crippen LogP contribution is 2.52. The molecular weight excluding hydrogens is 1280 g/mol. The number of amides is 2. The molecular formula is C63H88N2O23S4. The first-order valence-corrected chi connectivity index (χ1v) is 35.5. The van der Waals surface area contributed by atoms with Gasteiger partial charge in [0.15, 0.2) is 11.1 Å². The predicted octanol–water partition coefficient (Wildman–Crippen LogP) is 7.46. The van der Waals surface area contributed by atoms with Crippen LogP contribution in [0.5, 0.6) is 0 Å². The minimum absolute atomic E-state index is 0.000668. The predicted molar refractivity (Wildman–Crippen MR) is 341 cm³/mol. The van der Waals surface area contributed by atoms with Crippen LogP contribution in [0.4, 0.5) is 5.69 Å². The van der Waals surface area contributed by atoms with Crippen LogP contribution < -0.4 is 4.90 Å². The van der Waals surface area contributed by atoms with Gasteiger partial charge in [0.05, 0.1) is 142 Å². The molecule has 2 heterocycles. The van der Waals surface area contributed by atoms with E-state index in [4.69, 9.17) is 59.5 Å². The van der Waals surface area contributed by atoms with Crippen molar-refractivity contribution >= 4 is 86.5 Å². The lowest BCUT2D eigenvalue weighted by atomic mass is 9.66. The molecule has 0 saturated carbocycles. The largest absolute Gasteiger partial charge is 0.382 e. The number of imide groups is 1. The van der Waals surface area contributed by atoms with E-state index in [9.17, 15) is 43.8 Å². The minimum atomic E-state index is -4.48. The van der Waals surface area contributed by atoms with E-state index in [2.05, 4.69) is 33.8 Å². The van der Waals surface area contributed by atoms with E-state index in [-0.39, 0.29) is 124 Å². The van der Waals surface area contributed by atoms with Crippen LogP contribution in [0.15, 0.2) is 92.0 Å². The van der Waals surface area contributed by atoms with E-state index in [1.54, 1.807) is 25.3 Å². The average molecular weight is 1370 g/mol. The van der Waals surface area contributed by atoms with E-state index >= 15 is 0 Å². The van der Waals surface area contributed by atoms with Gasteiger partial charge in [0.1, 0.15) is 4.90 Å². The summed E-state index contributed by atoms with van der Waals surface area (Å²) in [4.78, 5) is 41.5. The maximum absolute atomic E-state index is 13.7. The number of anilines is 1. The van der Waals surface area contributed by atoms with Gasteiger partial charge in [0, 0.05) is 66.1 Å². The summed E-state index contributed by atoms with van der Waals surface area (Å²) in [5, 5.41) is 2.12. The lowest BCUT2D eigenvalue weighted by Gasteiger charge is -2.39. The standard InChI is InChI=1S/C63H88N2O23S4/c1-12-44(2)48-16-17-49-51(40-46(90(70,71)78-9)42-54(49)89(69)77-8)60(48)63(6,23-26-82-31-34-86-37-36-84-29-28-76-7)45(3)14-13-15-56-62(4,5)61-52-41-47(91(72,73)79-10)43-55(92(74,75)80-11)50(52)18-19-53(61)64(56)24-27-83-32-35-87-39-38-85-33-30-81-25-22-59(68)88-65-57(66)20-21-58(65)67/h13-19,40-45H,12,20-39H2,1-11H3/b14-13+,56-15+. The molecule has 0 radical (unpaired) electrons. The van der Waals surface area contributed by atoms with Crippen LogP contribution in [0, 0.1) is 5.92 Å². The molecule has 2 aliphatic heterocycles. The quantitative estimate of drug-likeness (QED) is 0.0236. The Morgan fingerprint density at radius 3 is 1.70 bits per heavy atom. The van der Waals surface area contributed by atoms with Crippen molar-refractivity contribution in [2.24, 2.45) is 5.92 Å². The second kappa shape index (κ2) is 35.0. The second-order valence-electron chi connectivity index (χ2n) is 22.3. The van der Waals surface area contributed by atoms with Crippen molar-refractivity contribution in [2.45, 2.75) is 110 Å². The van der Waals surface area contributed by atoms with Crippen LogP contribution in [-0.4, -0.2) is 194 Å². The Balaban J connectivity index is 1.31. The van der Waals surface area contributed by atoms with Crippen molar-refractivity contribution < 1.29 is 103 Å². The SMILES string of the molecule is CCC(C)c1ccc2c(S(=O)OC)cc(S(=O)(=O)OC)cc2c1C(C)(CCOCCOCCOCCOC)C(C)/C=C/C=C1/N(CCOCCOCCOCCOCCC(=O)ON2C(=O)CCC2=O)c2ccc3c(S(=O)(=O)OC)cc(S(=O)(=O)OC)cc3c2C1(C)C. The molecule has 0 spiro atoms. The van der Waals surface area contributed by atoms with E-state index < -0.39 is 74.9 Å². The lowest BCUT2D eigenvalue weighted by molar-refractivity contribution is -0.198. The van der Waals surface area contributed by atoms with Crippen LogP contribution >= 0.6 is 0 Å². The molecule has 92 heavy (non-hydrogen) atoms. The molecule has 1 fully saturated rings. The Morgan fingerprint density at radius 2 is 1.15 bits per heavy atom. The Labute approximate surface area is 543 Å². The van der Waals surface area contributed by atoms with Crippen molar-refractivity contribution in [3.8, 4) is 0 Å². The van der Waals surface area contributed by atoms with Crippen molar-refractivity contribution in [1.82, 2.24) is 5.06 Å². The van der Waals surface area contributed by atoms with Crippen LogP contribution in [0.25, 0.3) is 21.5 Å². The van der Waals surface area contributed by atoms with Gasteiger partial charge in [0.2, 0.25) is 0 Å². The van der Waals surface area contributed by atoms with Crippen molar-refractivity contribution in [1.29, 1.82) is 0 Å². The number of ether oxygens (including phenoxy) is 8. The van der Waals surface area contributed by atoms with E-state index in [1.807, 2.05) is 43.0 Å². The third kappa shape index (κ3) is 18.8. The second-order valence-corrected chi connectivity index (χ2v) is 28.7. The fourth-order valence-electron chi connectivity index (χ4n) is 11.0. The first kappa shape index (κ1) is 75.8. The number of carbonyl (C=O) groups excluding carboxylic acids is 3. The van der Waals surface area contributed by atoms with Gasteiger partial charge in [-0.05, 0) is 88.5 Å². The normalized spacial score (nSPS) is 16.8. The molecule has 29 heteroatoms. The molecule has 4 aromatic carbocycles. The molecule has 4 unspecified atom stereocenters. The summed E-state index contributed by atoms with van der Waals surface area (Å²) in [5.41, 5.74) is 2.00. The van der Waals surface area contributed by atoms with E-state index in [0.29, 0.717) is 71.9 Å². The van der Waals surface area contributed by atoms with Gasteiger partial charge in [-0.25, -0.2) is 9.00 Å². The summed E-state index contributed by atoms with van der Waals surface area (Å²) >= 11 is -2.07. The fraction of sp³-hybridized carbons (Fsp3) is 0.571. The topological polar surface area (TPSA) is 297 Å². The monoisotopic (exact) mass is 1370 g/mol. The summed E-state index contributed by atoms with van der Waals surface area (Å²) in [7, 11) is -7.32. The number of hydrogen-bond acceptors (Lipinski definition) is 24. The number of hydroxylamine groups is 2. The summed E-state index contributed by atoms with van der Waals surface area (Å²) in [6, 6.07) is 12.6. The van der Waals surface area contributed by atoms with Gasteiger partial charge in [-0.1, -0.05) is 71.9 Å². The average Bonchev–Trinajstić information content (AvgIpc) is 1.45. The number of benzene rings is 4. The Morgan fingerprint density at radius 1 is 0.641 bits per heavy atom. The molecule has 512 valence electrons. The number of nitrogens with zero attached hydrogens (tertiary/aromatic N) is 2. The Bertz CT molecular complexity index is 3620. The Kier molecular flexibility index (Phi) is 28.8. The number of carbonyl (C=O) groups is 3. The summed E-state index contributed by atoms with van der Waals surface area (Å²) in [5.74, 6) is -2.27. The zero-order chi connectivity index (χ0) is 67.4. The maximum Gasteiger partial charge on any atom is 0.335 e. The van der Waals surface area contributed by atoms with E-state index in [1.165, 1.54) is 19.2 Å². The number of allylic oxidation sites excluding steroid dienone is 4. The first-order chi connectivity index (χ1) is 43.8. The van der Waals surface area contributed by atoms with Crippen molar-refractivity contribution in [3.05, 3.63) is 89.1 Å². The third-order valence-corrected chi connectivity index (χ3v) is 21.2. The molecule has 2 amide bonds. The van der Waals surface area contributed by atoms with E-state index in [0.717, 1.165) is 50.6 Å².